The van der Waals surface area contributed by atoms with Crippen molar-refractivity contribution in [2.45, 2.75) is 6.42 Å². The van der Waals surface area contributed by atoms with E-state index in [1.807, 2.05) is 30.3 Å². The number of aliphatic hydroxyl groups excluding tert-OH is 2. The van der Waals surface area contributed by atoms with Crippen LogP contribution in [0.4, 0.5) is 0 Å². The van der Waals surface area contributed by atoms with Crippen LogP contribution in [0.3, 0.4) is 0 Å². The summed E-state index contributed by atoms with van der Waals surface area (Å²) >= 11 is 0. The molecule has 0 atom stereocenters. The third kappa shape index (κ3) is 30.5. The Kier molecular flexibility index (Phi) is 68.9. The minimum Gasteiger partial charge on any atom is -0.539 e. The minimum absolute atomic E-state index is 0. The molecule has 0 aliphatic heterocycles. The number of rotatable bonds is 5. The van der Waals surface area contributed by atoms with Crippen LogP contribution in [0, 0.1) is 6.79 Å². The second kappa shape index (κ2) is 34.8. The van der Waals surface area contributed by atoms with Crippen LogP contribution in [0.1, 0.15) is 5.56 Å². The molecule has 0 aromatic heterocycles. The summed E-state index contributed by atoms with van der Waals surface area (Å²) in [6.07, 6.45) is 0.831. The predicted molar refractivity (Wildman–Crippen MR) is 56.4 cm³/mol. The van der Waals surface area contributed by atoms with E-state index in [0.717, 1.165) is 13.2 Å². The number of methoxy groups -OCH3 is 1. The van der Waals surface area contributed by atoms with Crippen molar-refractivity contribution in [3.8, 4) is 0 Å². The molecule has 1 aromatic carbocycles. The van der Waals surface area contributed by atoms with Gasteiger partial charge in [-0.05, 0) is 12.0 Å². The van der Waals surface area contributed by atoms with Crippen LogP contribution < -0.4 is 0 Å². The molecule has 0 spiro atoms. The summed E-state index contributed by atoms with van der Waals surface area (Å²) in [6.45, 7) is 1.07. The van der Waals surface area contributed by atoms with Gasteiger partial charge in [-0.2, -0.15) is 0 Å². The molecule has 2 N–H and O–H groups in total. The van der Waals surface area contributed by atoms with Crippen molar-refractivity contribution < 1.29 is 183 Å². The molecule has 4 nitrogen and oxygen atoms in total. The first-order chi connectivity index (χ1) is 7.35. The van der Waals surface area contributed by atoms with Gasteiger partial charge in [-0.15, -0.1) is 0 Å². The van der Waals surface area contributed by atoms with E-state index in [1.165, 1.54) is 12.7 Å². The Balaban J connectivity index is -0.0000000493. The average molecular weight is 658 g/mol. The molecule has 0 aliphatic carbocycles. The van der Waals surface area contributed by atoms with E-state index in [-0.39, 0.29) is 170 Å². The number of ether oxygens (including phenoxy) is 2. The van der Waals surface area contributed by atoms with Crippen molar-refractivity contribution in [3.63, 3.8) is 0 Å². The predicted octanol–water partition coefficient (Wildman–Crippen LogP) is 1.31. The first-order valence-corrected chi connectivity index (χ1v) is 4.56. The Bertz CT molecular complexity index is 227. The second-order valence-electron chi connectivity index (χ2n) is 2.63. The van der Waals surface area contributed by atoms with Crippen LogP contribution in [0.5, 0.6) is 0 Å². The molecule has 101 valence electrons. The van der Waals surface area contributed by atoms with Gasteiger partial charge in [0, 0.05) is 177 Å². The van der Waals surface area contributed by atoms with E-state index in [9.17, 15) is 0 Å². The molecule has 0 aliphatic rings. The van der Waals surface area contributed by atoms with E-state index in [4.69, 9.17) is 10.2 Å². The van der Waals surface area contributed by atoms with Crippen LogP contribution in [-0.2, 0) is 179 Å². The zero-order valence-electron chi connectivity index (χ0n) is 11.7. The van der Waals surface area contributed by atoms with Gasteiger partial charge in [-0.3, -0.25) is 0 Å². The van der Waals surface area contributed by atoms with Gasteiger partial charge in [0.05, 0.1) is 0 Å². The molecule has 0 bridgehead atoms. The van der Waals surface area contributed by atoms with Gasteiger partial charge in [-0.1, -0.05) is 37.1 Å². The number of aliphatic hydroxyl groups is 2. The Morgan fingerprint density at radius 2 is 1.45 bits per heavy atom. The molecule has 9 heteroatoms. The molecule has 0 amide bonds. The molecule has 0 unspecified atom stereocenters. The van der Waals surface area contributed by atoms with E-state index in [2.05, 4.69) is 9.47 Å². The van der Waals surface area contributed by atoms with E-state index in [1.54, 1.807) is 0 Å². The Labute approximate surface area is 247 Å². The van der Waals surface area contributed by atoms with Crippen LogP contribution in [-0.4, -0.2) is 30.7 Å². The summed E-state index contributed by atoms with van der Waals surface area (Å²) < 4.78 is 8.77. The Morgan fingerprint density at radius 3 is 1.80 bits per heavy atom. The van der Waals surface area contributed by atoms with Gasteiger partial charge < -0.3 is 19.7 Å². The molecule has 0 saturated heterocycles. The topological polar surface area (TPSA) is 58.9 Å². The molecule has 5 radical (unpaired) electrons. The molecule has 0 saturated carbocycles. The van der Waals surface area contributed by atoms with Gasteiger partial charge >= 0.3 is 0 Å². The summed E-state index contributed by atoms with van der Waals surface area (Å²) in [5.74, 6) is 0. The molecule has 20 heavy (non-hydrogen) atoms. The molecule has 0 heterocycles. The second-order valence-corrected chi connectivity index (χ2v) is 2.63. The normalized spacial score (nSPS) is 6.95. The maximum absolute atomic E-state index is 8.20. The van der Waals surface area contributed by atoms with Crippen molar-refractivity contribution in [1.82, 2.24) is 0 Å². The summed E-state index contributed by atoms with van der Waals surface area (Å²) in [6, 6.07) is 10.00. The largest absolute Gasteiger partial charge is 0.539 e. The summed E-state index contributed by atoms with van der Waals surface area (Å²) in [5.41, 5.74) is 1.22. The first-order valence-electron chi connectivity index (χ1n) is 4.56. The van der Waals surface area contributed by atoms with Crippen LogP contribution >= 0.6 is 0 Å². The summed E-state index contributed by atoms with van der Waals surface area (Å²) in [5, 5.41) is 15.8. The van der Waals surface area contributed by atoms with Crippen molar-refractivity contribution in [2.24, 2.45) is 0 Å². The van der Waals surface area contributed by atoms with Crippen LogP contribution in [0.2, 0.25) is 0 Å². The van der Waals surface area contributed by atoms with Gasteiger partial charge in [0.2, 0.25) is 0 Å². The number of hydrogen-bond donors (Lipinski definition) is 2. The van der Waals surface area contributed by atoms with E-state index < -0.39 is 0 Å². The third-order valence-corrected chi connectivity index (χ3v) is 1.56. The number of benzene rings is 1. The Hall–Kier alpha value is 4.58. The van der Waals surface area contributed by atoms with Crippen molar-refractivity contribution >= 4 is 0 Å². The molecular weight excluding hydrogens is 641 g/mol. The maximum Gasteiger partial charge on any atom is 0.143 e. The fourth-order valence-corrected chi connectivity index (χ4v) is 0.874. The van der Waals surface area contributed by atoms with Gasteiger partial charge in [-0.25, -0.2) is 0 Å². The average Bonchev–Trinajstić information content (AvgIpc) is 2.31. The summed E-state index contributed by atoms with van der Waals surface area (Å²) in [4.78, 5) is 0. The Morgan fingerprint density at radius 1 is 1.00 bits per heavy atom. The third-order valence-electron chi connectivity index (χ3n) is 1.56. The van der Waals surface area contributed by atoms with Crippen molar-refractivity contribution in [1.29, 1.82) is 0 Å². The zero-order valence-corrected chi connectivity index (χ0v) is 25.9. The molecule has 0 fully saturated rings. The molecule has 1 rings (SSSR count). The summed E-state index contributed by atoms with van der Waals surface area (Å²) in [7, 11) is 1.43. The van der Waals surface area contributed by atoms with Gasteiger partial charge in [0.25, 0.3) is 0 Å². The fraction of sp³-hybridized carbons (Fsp3) is 0.364. The zero-order chi connectivity index (χ0) is 11.4. The minimum atomic E-state index is -0.181. The first kappa shape index (κ1) is 39.6. The maximum atomic E-state index is 8.20. The van der Waals surface area contributed by atoms with Gasteiger partial charge in [0.1, 0.15) is 6.79 Å². The standard InChI is InChI=1S/C9H11O2.C2H6O2.5Y/c10-8-11-7-6-9-4-2-1-3-5-9;1-4-2-3;;;;;/h1-5,8,10H,6-7H2;3H,2H2,1H3;;;;;/q-1;;;;;;. The fourth-order valence-electron chi connectivity index (χ4n) is 0.874. The van der Waals surface area contributed by atoms with E-state index >= 15 is 0 Å². The van der Waals surface area contributed by atoms with Crippen molar-refractivity contribution in [3.05, 3.63) is 42.7 Å². The monoisotopic (exact) mass is 658 g/mol. The molecule has 1 aromatic rings. The number of hydrogen-bond acceptors (Lipinski definition) is 4. The van der Waals surface area contributed by atoms with Gasteiger partial charge in [0.15, 0.2) is 0 Å². The smallest absolute Gasteiger partial charge is 0.143 e. The van der Waals surface area contributed by atoms with Crippen LogP contribution in [0.25, 0.3) is 0 Å². The quantitative estimate of drug-likeness (QED) is 0.285. The molecular formula is C11H17O4Y5-. The van der Waals surface area contributed by atoms with E-state index in [0.29, 0.717) is 6.61 Å². The van der Waals surface area contributed by atoms with Crippen LogP contribution in [0.15, 0.2) is 30.3 Å². The SMILES string of the molecule is COCO.O[CH-]OCCc1ccccc1.[Y].[Y].[Y].[Y].[Y]. The van der Waals surface area contributed by atoms with Crippen molar-refractivity contribution in [2.75, 3.05) is 20.5 Å².